The lowest BCUT2D eigenvalue weighted by atomic mass is 9.98. The van der Waals surface area contributed by atoms with Crippen molar-refractivity contribution in [2.45, 2.75) is 39.0 Å². The molecule has 1 aromatic heterocycles. The van der Waals surface area contributed by atoms with Gasteiger partial charge in [-0.1, -0.05) is 25.4 Å². The molecule has 7 heteroatoms. The van der Waals surface area contributed by atoms with Crippen molar-refractivity contribution in [3.8, 4) is 0 Å². The van der Waals surface area contributed by atoms with Gasteiger partial charge in [0.15, 0.2) is 0 Å². The summed E-state index contributed by atoms with van der Waals surface area (Å²) < 4.78 is 0. The average Bonchev–Trinajstić information content (AvgIpc) is 3.17. The van der Waals surface area contributed by atoms with Gasteiger partial charge in [-0.3, -0.25) is 9.59 Å². The smallest absolute Gasteiger partial charge is 0.253 e. The number of piperidine rings is 1. The number of amides is 2. The van der Waals surface area contributed by atoms with Crippen LogP contribution in [0.4, 0.5) is 0 Å². The summed E-state index contributed by atoms with van der Waals surface area (Å²) in [4.78, 5) is 31.1. The van der Waals surface area contributed by atoms with Crippen molar-refractivity contribution >= 4 is 34.8 Å². The number of nitrogens with one attached hydrogen (secondary N) is 1. The number of likely N-dealkylation sites (tertiary alicyclic amines) is 1. The number of hydrogen-bond donors (Lipinski definition) is 1. The Bertz CT molecular complexity index is 819. The topological polar surface area (TPSA) is 62.3 Å². The molecule has 5 nitrogen and oxygen atoms in total. The molecule has 150 valence electrons. The van der Waals surface area contributed by atoms with E-state index >= 15 is 0 Å². The Balaban J connectivity index is 1.57. The number of halogens is 1. The first kappa shape index (κ1) is 20.8. The van der Waals surface area contributed by atoms with Gasteiger partial charge in [-0.25, -0.2) is 4.98 Å². The second-order valence-corrected chi connectivity index (χ2v) is 8.80. The maximum Gasteiger partial charge on any atom is 0.253 e. The monoisotopic (exact) mass is 419 g/mol. The number of benzene rings is 1. The molecule has 3 rings (SSSR count). The molecule has 1 saturated heterocycles. The van der Waals surface area contributed by atoms with Gasteiger partial charge < -0.3 is 10.2 Å². The van der Waals surface area contributed by atoms with Crippen molar-refractivity contribution in [3.63, 3.8) is 0 Å². The van der Waals surface area contributed by atoms with Gasteiger partial charge in [0.25, 0.3) is 5.91 Å². The van der Waals surface area contributed by atoms with E-state index in [2.05, 4.69) is 10.7 Å². The van der Waals surface area contributed by atoms with E-state index in [1.807, 2.05) is 18.7 Å². The zero-order valence-corrected chi connectivity index (χ0v) is 17.9. The average molecular weight is 420 g/mol. The molecule has 0 radical (unpaired) electrons. The molecule has 1 unspecified atom stereocenters. The van der Waals surface area contributed by atoms with Gasteiger partial charge in [0.05, 0.1) is 10.7 Å². The maximum absolute atomic E-state index is 12.8. The van der Waals surface area contributed by atoms with Crippen LogP contribution >= 0.6 is 22.9 Å². The van der Waals surface area contributed by atoms with Crippen LogP contribution in [0.15, 0.2) is 29.6 Å². The predicted molar refractivity (Wildman–Crippen MR) is 113 cm³/mol. The molecule has 2 amide bonds. The Morgan fingerprint density at radius 1 is 1.32 bits per heavy atom. The standard InChI is InChI=1S/C21H26ClN3O2S/c1-14(2)19(26)23-10-9-18-13-28-20(24-18)16-4-3-11-25(12-16)21(27)15-5-7-17(22)8-6-15/h5-8,13-14,16H,3-4,9-12H2,1-2H3,(H,23,26). The van der Waals surface area contributed by atoms with E-state index in [1.54, 1.807) is 35.6 Å². The van der Waals surface area contributed by atoms with Gasteiger partial charge in [-0.15, -0.1) is 11.3 Å². The van der Waals surface area contributed by atoms with Crippen molar-refractivity contribution in [2.24, 2.45) is 5.92 Å². The van der Waals surface area contributed by atoms with E-state index in [-0.39, 0.29) is 23.7 Å². The largest absolute Gasteiger partial charge is 0.355 e. The fourth-order valence-corrected chi connectivity index (χ4v) is 4.39. The van der Waals surface area contributed by atoms with Crippen molar-refractivity contribution in [3.05, 3.63) is 50.9 Å². The first-order chi connectivity index (χ1) is 13.4. The zero-order chi connectivity index (χ0) is 20.1. The molecule has 1 aliphatic rings. The number of nitrogens with zero attached hydrogens (tertiary/aromatic N) is 2. The second kappa shape index (κ2) is 9.52. The van der Waals surface area contributed by atoms with Gasteiger partial charge >= 0.3 is 0 Å². The van der Waals surface area contributed by atoms with E-state index < -0.39 is 0 Å². The summed E-state index contributed by atoms with van der Waals surface area (Å²) in [5, 5.41) is 6.71. The molecule has 28 heavy (non-hydrogen) atoms. The molecule has 0 bridgehead atoms. The Kier molecular flexibility index (Phi) is 7.08. The summed E-state index contributed by atoms with van der Waals surface area (Å²) in [6, 6.07) is 7.06. The molecule has 0 spiro atoms. The van der Waals surface area contributed by atoms with Gasteiger partial charge in [-0.2, -0.15) is 0 Å². The van der Waals surface area contributed by atoms with Crippen molar-refractivity contribution < 1.29 is 9.59 Å². The van der Waals surface area contributed by atoms with Crippen LogP contribution in [0, 0.1) is 5.92 Å². The molecular weight excluding hydrogens is 394 g/mol. The van der Waals surface area contributed by atoms with Crippen LogP contribution in [-0.2, 0) is 11.2 Å². The highest BCUT2D eigenvalue weighted by molar-refractivity contribution is 7.09. The highest BCUT2D eigenvalue weighted by atomic mass is 35.5. The summed E-state index contributed by atoms with van der Waals surface area (Å²) in [6.07, 6.45) is 2.75. The number of hydrogen-bond acceptors (Lipinski definition) is 4. The number of carbonyl (C=O) groups excluding carboxylic acids is 2. The summed E-state index contributed by atoms with van der Waals surface area (Å²) >= 11 is 7.58. The molecule has 1 aliphatic heterocycles. The first-order valence-electron chi connectivity index (χ1n) is 9.71. The molecule has 0 aliphatic carbocycles. The molecule has 1 fully saturated rings. The van der Waals surface area contributed by atoms with Gasteiger partial charge in [0.1, 0.15) is 0 Å². The van der Waals surface area contributed by atoms with Crippen molar-refractivity contribution in [1.82, 2.24) is 15.2 Å². The van der Waals surface area contributed by atoms with E-state index in [1.165, 1.54) is 0 Å². The highest BCUT2D eigenvalue weighted by Gasteiger charge is 2.27. The fourth-order valence-electron chi connectivity index (χ4n) is 3.28. The Morgan fingerprint density at radius 2 is 2.07 bits per heavy atom. The molecular formula is C21H26ClN3O2S. The van der Waals surface area contributed by atoms with Crippen LogP contribution in [0.1, 0.15) is 53.7 Å². The molecule has 1 N–H and O–H groups in total. The molecule has 2 aromatic rings. The lowest BCUT2D eigenvalue weighted by Gasteiger charge is -2.32. The van der Waals surface area contributed by atoms with Gasteiger partial charge in [-0.05, 0) is 37.1 Å². The minimum Gasteiger partial charge on any atom is -0.355 e. The zero-order valence-electron chi connectivity index (χ0n) is 16.3. The van der Waals surface area contributed by atoms with Crippen LogP contribution in [0.5, 0.6) is 0 Å². The Morgan fingerprint density at radius 3 is 2.79 bits per heavy atom. The first-order valence-corrected chi connectivity index (χ1v) is 11.0. The van der Waals surface area contributed by atoms with Gasteiger partial charge in [0.2, 0.25) is 5.91 Å². The minimum absolute atomic E-state index is 0.00241. The summed E-state index contributed by atoms with van der Waals surface area (Å²) in [5.41, 5.74) is 1.68. The van der Waals surface area contributed by atoms with Crippen LogP contribution in [0.2, 0.25) is 5.02 Å². The number of thiazole rings is 1. The number of rotatable bonds is 6. The molecule has 2 heterocycles. The maximum atomic E-state index is 12.8. The third-order valence-electron chi connectivity index (χ3n) is 4.92. The van der Waals surface area contributed by atoms with Crippen LogP contribution in [0.25, 0.3) is 0 Å². The van der Waals surface area contributed by atoms with Crippen LogP contribution in [0.3, 0.4) is 0 Å². The predicted octanol–water partition coefficient (Wildman–Crippen LogP) is 4.13. The van der Waals surface area contributed by atoms with E-state index in [9.17, 15) is 9.59 Å². The SMILES string of the molecule is CC(C)C(=O)NCCc1csc(C2CCCN(C(=O)c3ccc(Cl)cc3)C2)n1. The fraction of sp³-hybridized carbons (Fsp3) is 0.476. The summed E-state index contributed by atoms with van der Waals surface area (Å²) in [7, 11) is 0. The number of aromatic nitrogens is 1. The third-order valence-corrected chi connectivity index (χ3v) is 6.23. The number of carbonyl (C=O) groups is 2. The normalized spacial score (nSPS) is 17.0. The quantitative estimate of drug-likeness (QED) is 0.765. The summed E-state index contributed by atoms with van der Waals surface area (Å²) in [5.74, 6) is 0.389. The van der Waals surface area contributed by atoms with E-state index in [0.717, 1.165) is 36.5 Å². The Labute approximate surface area is 175 Å². The highest BCUT2D eigenvalue weighted by Crippen LogP contribution is 2.30. The Hall–Kier alpha value is -1.92. The lowest BCUT2D eigenvalue weighted by Crippen LogP contribution is -2.39. The minimum atomic E-state index is -0.00241. The van der Waals surface area contributed by atoms with E-state index in [4.69, 9.17) is 16.6 Å². The molecule has 1 atom stereocenters. The van der Waals surface area contributed by atoms with Crippen molar-refractivity contribution in [2.75, 3.05) is 19.6 Å². The van der Waals surface area contributed by atoms with Gasteiger partial charge in [0, 0.05) is 53.9 Å². The third kappa shape index (κ3) is 5.32. The summed E-state index contributed by atoms with van der Waals surface area (Å²) in [6.45, 7) is 5.84. The molecule has 1 aromatic carbocycles. The molecule has 0 saturated carbocycles. The lowest BCUT2D eigenvalue weighted by molar-refractivity contribution is -0.123. The second-order valence-electron chi connectivity index (χ2n) is 7.47. The van der Waals surface area contributed by atoms with Crippen LogP contribution in [-0.4, -0.2) is 41.3 Å². The van der Waals surface area contributed by atoms with Crippen molar-refractivity contribution in [1.29, 1.82) is 0 Å². The van der Waals surface area contributed by atoms with Crippen LogP contribution < -0.4 is 5.32 Å². The van der Waals surface area contributed by atoms with E-state index in [0.29, 0.717) is 23.7 Å².